The molecule has 0 bridgehead atoms. The third-order valence-corrected chi connectivity index (χ3v) is 6.35. The lowest BCUT2D eigenvalue weighted by molar-refractivity contribution is 0.548. The summed E-state index contributed by atoms with van der Waals surface area (Å²) in [4.78, 5) is 9.34. The molecule has 0 saturated heterocycles. The van der Waals surface area contributed by atoms with E-state index in [0.29, 0.717) is 28.9 Å². The zero-order valence-electron chi connectivity index (χ0n) is 25.4. The highest BCUT2D eigenvalue weighted by molar-refractivity contribution is 7.94. The number of nitrogens with zero attached hydrogens (tertiary/aromatic N) is 4. The van der Waals surface area contributed by atoms with E-state index >= 15 is 0 Å². The van der Waals surface area contributed by atoms with Crippen molar-refractivity contribution in [1.29, 1.82) is 0 Å². The molecule has 1 N–H and O–H groups in total. The van der Waals surface area contributed by atoms with Crippen LogP contribution in [0.5, 0.6) is 0 Å². The highest BCUT2D eigenvalue weighted by atomic mass is 32.2. The van der Waals surface area contributed by atoms with Gasteiger partial charge in [0.05, 0.1) is 18.3 Å². The Morgan fingerprint density at radius 2 is 1.68 bits per heavy atom. The van der Waals surface area contributed by atoms with Crippen LogP contribution in [0.4, 0.5) is 9.70 Å². The zero-order chi connectivity index (χ0) is 29.8. The van der Waals surface area contributed by atoms with Crippen LogP contribution in [-0.2, 0) is 6.54 Å². The van der Waals surface area contributed by atoms with Crippen LogP contribution in [0.2, 0.25) is 0 Å². The van der Waals surface area contributed by atoms with Crippen LogP contribution in [0.15, 0.2) is 84.7 Å². The number of pyridine rings is 1. The number of anilines is 1. The van der Waals surface area contributed by atoms with Crippen LogP contribution in [0, 0.1) is 0 Å². The molecule has 3 aromatic heterocycles. The minimum Gasteiger partial charge on any atom is -0.366 e. The van der Waals surface area contributed by atoms with Gasteiger partial charge in [-0.3, -0.25) is 4.98 Å². The maximum Gasteiger partial charge on any atom is 0.173 e. The van der Waals surface area contributed by atoms with Crippen LogP contribution in [-0.4, -0.2) is 19.6 Å². The van der Waals surface area contributed by atoms with Gasteiger partial charge in [0, 0.05) is 36.6 Å². The summed E-state index contributed by atoms with van der Waals surface area (Å²) in [5, 5.41) is 7.72. The number of fused-ring (bicyclic) bond motifs is 1. The second-order valence-corrected chi connectivity index (χ2v) is 9.94. The Hall–Kier alpha value is -3.19. The summed E-state index contributed by atoms with van der Waals surface area (Å²) >= 11 is 0.192. The first-order chi connectivity index (χ1) is 19.5. The van der Waals surface area contributed by atoms with Crippen LogP contribution in [0.25, 0.3) is 5.65 Å². The summed E-state index contributed by atoms with van der Waals surface area (Å²) in [6.07, 6.45) is 11.2. The van der Waals surface area contributed by atoms with E-state index in [1.54, 1.807) is 16.8 Å². The van der Waals surface area contributed by atoms with Crippen molar-refractivity contribution in [3.63, 3.8) is 0 Å². The molecule has 5 nitrogen and oxygen atoms in total. The average Bonchev–Trinajstić information content (AvgIpc) is 3.42. The number of rotatable bonds is 10. The van der Waals surface area contributed by atoms with Gasteiger partial charge in [0.2, 0.25) is 0 Å². The number of benzene rings is 1. The van der Waals surface area contributed by atoms with Crippen molar-refractivity contribution >= 4 is 23.6 Å². The van der Waals surface area contributed by atoms with Crippen LogP contribution in [0.1, 0.15) is 103 Å². The Bertz CT molecular complexity index is 1190. The molecule has 0 radical (unpaired) electrons. The third-order valence-electron chi connectivity index (χ3n) is 5.90. The first kappa shape index (κ1) is 34.8. The zero-order valence-corrected chi connectivity index (χ0v) is 26.2. The van der Waals surface area contributed by atoms with Crippen molar-refractivity contribution < 1.29 is 3.89 Å². The quantitative estimate of drug-likeness (QED) is 0.194. The molecule has 0 atom stereocenters. The van der Waals surface area contributed by atoms with E-state index < -0.39 is 0 Å². The number of allylic oxidation sites excluding steroid dienone is 1. The molecule has 0 spiro atoms. The predicted molar refractivity (Wildman–Crippen MR) is 172 cm³/mol. The van der Waals surface area contributed by atoms with Gasteiger partial charge in [0.1, 0.15) is 10.7 Å². The van der Waals surface area contributed by atoms with Crippen molar-refractivity contribution in [2.75, 3.05) is 5.32 Å². The van der Waals surface area contributed by atoms with Crippen molar-refractivity contribution in [1.82, 2.24) is 19.6 Å². The van der Waals surface area contributed by atoms with Gasteiger partial charge in [-0.05, 0) is 42.9 Å². The van der Waals surface area contributed by atoms with Gasteiger partial charge in [-0.2, -0.15) is 13.5 Å². The maximum atomic E-state index is 13.3. The summed E-state index contributed by atoms with van der Waals surface area (Å²) in [7, 11) is 0. The standard InChI is InChI=1S/C19H24FN5S.C9H12.C3H6.C2H6/c1-3-6-15(7-4-2)16-10-18(22-12-14-8-5-9-21-11-14)25-19(24-16)17(26-20)13-23-25;1-8(2)9-6-4-3-5-7-9;1-3-2;1-2/h5,8-11,13,15,22H,3-4,6-7,12H2,1-2H3;3-8H,1-2H3;3H,1H2,2H3;1-2H3. The molecule has 0 aliphatic heterocycles. The van der Waals surface area contributed by atoms with E-state index in [0.717, 1.165) is 42.8 Å². The molecule has 7 heteroatoms. The van der Waals surface area contributed by atoms with E-state index in [4.69, 9.17) is 4.98 Å². The fraction of sp³-hybridized carbons (Fsp3) is 0.424. The molecule has 0 aliphatic carbocycles. The first-order valence-corrected chi connectivity index (χ1v) is 15.1. The molecule has 4 aromatic rings. The molecule has 4 rings (SSSR count). The van der Waals surface area contributed by atoms with E-state index in [-0.39, 0.29) is 12.1 Å². The van der Waals surface area contributed by atoms with Crippen LogP contribution >= 0.6 is 12.1 Å². The monoisotopic (exact) mass is 565 g/mol. The normalized spacial score (nSPS) is 10.2. The molecule has 0 unspecified atom stereocenters. The second-order valence-electron chi connectivity index (χ2n) is 9.35. The minimum absolute atomic E-state index is 0.192. The molecule has 0 amide bonds. The molecule has 0 saturated carbocycles. The lowest BCUT2D eigenvalue weighted by Crippen LogP contribution is -2.10. The molecule has 0 aliphatic rings. The topological polar surface area (TPSA) is 55.1 Å². The number of hydrogen-bond acceptors (Lipinski definition) is 5. The van der Waals surface area contributed by atoms with Crippen molar-refractivity contribution in [2.24, 2.45) is 0 Å². The van der Waals surface area contributed by atoms with Crippen molar-refractivity contribution in [3.05, 3.63) is 96.6 Å². The number of nitrogens with one attached hydrogen (secondary N) is 1. The fourth-order valence-electron chi connectivity index (χ4n) is 4.02. The number of halogens is 1. The molecular formula is C33H48FN5S. The summed E-state index contributed by atoms with van der Waals surface area (Å²) in [6.45, 7) is 18.6. The van der Waals surface area contributed by atoms with Gasteiger partial charge in [-0.15, -0.1) is 6.58 Å². The van der Waals surface area contributed by atoms with E-state index in [9.17, 15) is 3.89 Å². The first-order valence-electron chi connectivity index (χ1n) is 14.4. The Balaban J connectivity index is 0.000000474. The summed E-state index contributed by atoms with van der Waals surface area (Å²) in [5.74, 6) is 1.86. The Morgan fingerprint density at radius 3 is 2.17 bits per heavy atom. The largest absolute Gasteiger partial charge is 0.366 e. The van der Waals surface area contributed by atoms with E-state index in [1.807, 2.05) is 45.2 Å². The molecule has 1 aromatic carbocycles. The van der Waals surface area contributed by atoms with Crippen molar-refractivity contribution in [3.8, 4) is 0 Å². The third kappa shape index (κ3) is 11.5. The predicted octanol–water partition coefficient (Wildman–Crippen LogP) is 10.4. The molecule has 3 heterocycles. The molecule has 40 heavy (non-hydrogen) atoms. The summed E-state index contributed by atoms with van der Waals surface area (Å²) in [5.41, 5.74) is 4.06. The van der Waals surface area contributed by atoms with Crippen LogP contribution in [0.3, 0.4) is 0 Å². The van der Waals surface area contributed by atoms with Gasteiger partial charge < -0.3 is 5.32 Å². The average molecular weight is 566 g/mol. The maximum absolute atomic E-state index is 13.3. The summed E-state index contributed by atoms with van der Waals surface area (Å²) < 4.78 is 15.0. The summed E-state index contributed by atoms with van der Waals surface area (Å²) in [6, 6.07) is 16.5. The number of hydrogen-bond donors (Lipinski definition) is 1. The lowest BCUT2D eigenvalue weighted by atomic mass is 9.94. The number of aromatic nitrogens is 4. The fourth-order valence-corrected chi connectivity index (χ4v) is 4.31. The Labute approximate surface area is 246 Å². The minimum atomic E-state index is 0.192. The van der Waals surface area contributed by atoms with Gasteiger partial charge in [-0.25, -0.2) is 4.98 Å². The van der Waals surface area contributed by atoms with E-state index in [2.05, 4.69) is 80.0 Å². The highest BCUT2D eigenvalue weighted by Gasteiger charge is 2.17. The molecule has 218 valence electrons. The second kappa shape index (κ2) is 20.7. The van der Waals surface area contributed by atoms with Gasteiger partial charge in [0.15, 0.2) is 5.65 Å². The molecular weight excluding hydrogens is 517 g/mol. The molecule has 0 fully saturated rings. The van der Waals surface area contributed by atoms with Gasteiger partial charge in [-0.1, -0.05) is 96.9 Å². The van der Waals surface area contributed by atoms with Crippen LogP contribution < -0.4 is 5.32 Å². The highest BCUT2D eigenvalue weighted by Crippen LogP contribution is 2.31. The lowest BCUT2D eigenvalue weighted by Gasteiger charge is -2.17. The SMILES string of the molecule is C=CC.CC.CC(C)c1ccccc1.CCCC(CCC)c1cc(NCc2cccnc2)n2ncc(SF)c2n1. The Morgan fingerprint density at radius 1 is 1.02 bits per heavy atom. The smallest absolute Gasteiger partial charge is 0.173 e. The Kier molecular flexibility index (Phi) is 18.0. The van der Waals surface area contributed by atoms with Crippen molar-refractivity contribution in [2.45, 2.75) is 97.4 Å². The van der Waals surface area contributed by atoms with Gasteiger partial charge >= 0.3 is 0 Å². The van der Waals surface area contributed by atoms with Gasteiger partial charge in [0.25, 0.3) is 0 Å². The van der Waals surface area contributed by atoms with E-state index in [1.165, 1.54) is 11.8 Å².